The van der Waals surface area contributed by atoms with Gasteiger partial charge in [0.2, 0.25) is 0 Å². The summed E-state index contributed by atoms with van der Waals surface area (Å²) in [6.45, 7) is 0. The van der Waals surface area contributed by atoms with Crippen LogP contribution >= 0.6 is 0 Å². The Bertz CT molecular complexity index is 296. The van der Waals surface area contributed by atoms with Gasteiger partial charge in [-0.3, -0.25) is 4.18 Å². The van der Waals surface area contributed by atoms with E-state index in [0.29, 0.717) is 15.7 Å². The maximum absolute atomic E-state index is 12.0. The molecule has 0 aliphatic carbocycles. The monoisotopic (exact) mass is 238 g/mol. The second-order valence-corrected chi connectivity index (χ2v) is 4.43. The zero-order valence-electron chi connectivity index (χ0n) is 7.10. The van der Waals surface area contributed by atoms with Crippen molar-refractivity contribution in [3.8, 4) is 0 Å². The Morgan fingerprint density at radius 3 is 1.71 bits per heavy atom. The lowest BCUT2D eigenvalue weighted by Crippen LogP contribution is -2.46. The van der Waals surface area contributed by atoms with Gasteiger partial charge in [0, 0.05) is 0 Å². The zero-order chi connectivity index (χ0) is 11.8. The fourth-order valence-corrected chi connectivity index (χ4v) is 1.10. The minimum Gasteiger partial charge on any atom is -0.269 e. The molecule has 0 aromatic carbocycles. The first-order valence-corrected chi connectivity index (χ1v) is 4.61. The second kappa shape index (κ2) is 3.69. The van der Waals surface area contributed by atoms with E-state index in [-0.39, 0.29) is 0 Å². The molecule has 11 heteroatoms. The van der Waals surface area contributed by atoms with Gasteiger partial charge in [0.15, 0.2) is 0 Å². The lowest BCUT2D eigenvalue weighted by molar-refractivity contribution is -0.0631. The largest absolute Gasteiger partial charge is 0.523 e. The quantitative estimate of drug-likeness (QED) is 0.275. The molecule has 0 aliphatic rings. The molecule has 3 nitrogen and oxygen atoms in total. The molecular weight excluding hydrogens is 233 g/mol. The van der Waals surface area contributed by atoms with Crippen LogP contribution in [0.25, 0.3) is 0 Å². The van der Waals surface area contributed by atoms with Crippen LogP contribution in [0, 0.1) is 0 Å². The summed E-state index contributed by atoms with van der Waals surface area (Å²) < 4.78 is 82.9. The van der Waals surface area contributed by atoms with Gasteiger partial charge >= 0.3 is 15.6 Å². The van der Waals surface area contributed by atoms with Gasteiger partial charge in [-0.05, 0) is 0 Å². The standard InChI is InChI=1S/C3H5B2F5O3S/c4-2(5,1(6)7)13-14(11,12)3(8,9)10/h1H,4-5H2. The minimum atomic E-state index is -5.98. The molecule has 0 spiro atoms. The lowest BCUT2D eigenvalue weighted by Gasteiger charge is -2.24. The molecule has 0 saturated carbocycles. The number of hydrogen-bond donors (Lipinski definition) is 0. The van der Waals surface area contributed by atoms with Crippen LogP contribution in [-0.4, -0.2) is 41.4 Å². The summed E-state index contributed by atoms with van der Waals surface area (Å²) in [5.41, 5.74) is -5.70. The van der Waals surface area contributed by atoms with Crippen molar-refractivity contribution in [2.24, 2.45) is 0 Å². The molecule has 0 aromatic heterocycles. The smallest absolute Gasteiger partial charge is 0.269 e. The summed E-state index contributed by atoms with van der Waals surface area (Å²) >= 11 is 0. The number of hydrogen-bond acceptors (Lipinski definition) is 3. The van der Waals surface area contributed by atoms with Crippen molar-refractivity contribution in [3.05, 3.63) is 0 Å². The van der Waals surface area contributed by atoms with Crippen LogP contribution in [0.15, 0.2) is 0 Å². The van der Waals surface area contributed by atoms with Gasteiger partial charge in [0.25, 0.3) is 6.43 Å². The highest BCUT2D eigenvalue weighted by Crippen LogP contribution is 2.28. The zero-order valence-corrected chi connectivity index (χ0v) is 7.92. The Labute approximate surface area is 78.5 Å². The average molecular weight is 238 g/mol. The molecule has 0 rings (SSSR count). The second-order valence-electron chi connectivity index (χ2n) is 2.89. The molecule has 82 valence electrons. The van der Waals surface area contributed by atoms with Crippen LogP contribution in [0.3, 0.4) is 0 Å². The lowest BCUT2D eigenvalue weighted by atomic mass is 9.66. The van der Waals surface area contributed by atoms with Crippen molar-refractivity contribution in [2.75, 3.05) is 0 Å². The molecule has 0 radical (unpaired) electrons. The molecular formula is C3H5B2F5O3S. The Morgan fingerprint density at radius 1 is 1.14 bits per heavy atom. The fourth-order valence-electron chi connectivity index (χ4n) is 0.366. The van der Waals surface area contributed by atoms with E-state index >= 15 is 0 Å². The summed E-state index contributed by atoms with van der Waals surface area (Å²) in [4.78, 5) is 0. The summed E-state index contributed by atoms with van der Waals surface area (Å²) in [7, 11) is -4.90. The molecule has 0 heterocycles. The van der Waals surface area contributed by atoms with E-state index in [1.54, 1.807) is 0 Å². The van der Waals surface area contributed by atoms with Gasteiger partial charge in [-0.1, -0.05) is 0 Å². The first-order chi connectivity index (χ1) is 5.90. The van der Waals surface area contributed by atoms with Crippen molar-refractivity contribution in [1.29, 1.82) is 0 Å². The first-order valence-electron chi connectivity index (χ1n) is 3.20. The van der Waals surface area contributed by atoms with Gasteiger partial charge in [-0.15, -0.1) is 0 Å². The van der Waals surface area contributed by atoms with E-state index in [2.05, 4.69) is 4.18 Å². The molecule has 0 fully saturated rings. The van der Waals surface area contributed by atoms with E-state index in [1.807, 2.05) is 0 Å². The van der Waals surface area contributed by atoms with Crippen LogP contribution in [0.5, 0.6) is 0 Å². The van der Waals surface area contributed by atoms with Crippen LogP contribution in [0.1, 0.15) is 0 Å². The van der Waals surface area contributed by atoms with Crippen LogP contribution in [0.4, 0.5) is 22.0 Å². The Kier molecular flexibility index (Phi) is 3.60. The Hall–Kier alpha value is -0.310. The summed E-state index contributed by atoms with van der Waals surface area (Å²) in [6, 6.07) is 0. The average Bonchev–Trinajstić information content (AvgIpc) is 1.80. The molecule has 0 aromatic rings. The molecule has 0 unspecified atom stereocenters. The van der Waals surface area contributed by atoms with Gasteiger partial charge in [0.05, 0.1) is 5.40 Å². The molecule has 0 saturated heterocycles. The highest BCUT2D eigenvalue weighted by Gasteiger charge is 2.51. The topological polar surface area (TPSA) is 43.4 Å². The molecule has 0 amide bonds. The van der Waals surface area contributed by atoms with Gasteiger partial charge in [-0.2, -0.15) is 21.6 Å². The van der Waals surface area contributed by atoms with Gasteiger partial charge < -0.3 is 0 Å². The SMILES string of the molecule is BC(B)(OS(=O)(=O)C(F)(F)F)C(F)F. The minimum absolute atomic E-state index is 0.543. The molecule has 0 atom stereocenters. The molecule has 0 N–H and O–H groups in total. The highest BCUT2D eigenvalue weighted by molar-refractivity contribution is 7.87. The van der Waals surface area contributed by atoms with E-state index in [0.717, 1.165) is 0 Å². The maximum atomic E-state index is 12.0. The molecule has 0 bridgehead atoms. The van der Waals surface area contributed by atoms with E-state index in [9.17, 15) is 30.4 Å². The third kappa shape index (κ3) is 3.12. The van der Waals surface area contributed by atoms with Crippen LogP contribution in [0.2, 0.25) is 0 Å². The predicted molar refractivity (Wildman–Crippen MR) is 41.9 cm³/mol. The van der Waals surface area contributed by atoms with Crippen molar-refractivity contribution >= 4 is 25.8 Å². The summed E-state index contributed by atoms with van der Waals surface area (Å²) in [5.74, 6) is 0. The predicted octanol–water partition coefficient (Wildman–Crippen LogP) is -0.962. The van der Waals surface area contributed by atoms with Crippen molar-refractivity contribution in [1.82, 2.24) is 0 Å². The van der Waals surface area contributed by atoms with Gasteiger partial charge in [0.1, 0.15) is 15.7 Å². The van der Waals surface area contributed by atoms with Crippen molar-refractivity contribution in [2.45, 2.75) is 17.3 Å². The molecule has 0 aliphatic heterocycles. The van der Waals surface area contributed by atoms with E-state index < -0.39 is 27.5 Å². The van der Waals surface area contributed by atoms with Gasteiger partial charge in [-0.25, -0.2) is 8.78 Å². The highest BCUT2D eigenvalue weighted by atomic mass is 32.2. The number of halogens is 5. The Morgan fingerprint density at radius 2 is 1.50 bits per heavy atom. The van der Waals surface area contributed by atoms with Crippen LogP contribution < -0.4 is 0 Å². The van der Waals surface area contributed by atoms with Crippen molar-refractivity contribution in [3.63, 3.8) is 0 Å². The summed E-state index contributed by atoms with van der Waals surface area (Å²) in [5, 5.41) is -2.70. The van der Waals surface area contributed by atoms with E-state index in [4.69, 9.17) is 0 Å². The molecule has 14 heavy (non-hydrogen) atoms. The first kappa shape index (κ1) is 13.7. The Balaban J connectivity index is 4.88. The number of alkyl halides is 5. The normalized spacial score (nSPS) is 14.7. The maximum Gasteiger partial charge on any atom is 0.523 e. The number of rotatable bonds is 3. The third-order valence-electron chi connectivity index (χ3n) is 1.13. The van der Waals surface area contributed by atoms with Crippen molar-refractivity contribution < 1.29 is 34.6 Å². The summed E-state index contributed by atoms with van der Waals surface area (Å²) in [6.07, 6.45) is -3.35. The third-order valence-corrected chi connectivity index (χ3v) is 2.35. The fraction of sp³-hybridized carbons (Fsp3) is 1.00. The van der Waals surface area contributed by atoms with E-state index in [1.165, 1.54) is 0 Å². The van der Waals surface area contributed by atoms with Crippen LogP contribution in [-0.2, 0) is 14.3 Å².